The molecule has 0 nitrogen and oxygen atoms in total. The van der Waals surface area contributed by atoms with E-state index in [9.17, 15) is 4.39 Å². The summed E-state index contributed by atoms with van der Waals surface area (Å²) in [6, 6.07) is 9.07. The van der Waals surface area contributed by atoms with E-state index in [1.807, 2.05) is 0 Å². The largest absolute Gasteiger partial charge is 0.207 e. The van der Waals surface area contributed by atoms with E-state index in [2.05, 4.69) is 33.4 Å². The van der Waals surface area contributed by atoms with Gasteiger partial charge in [-0.15, -0.1) is 11.3 Å². The van der Waals surface area contributed by atoms with Crippen molar-refractivity contribution in [3.05, 3.63) is 57.0 Å². The standard InChI is InChI=1S/C15H15BrClFS/c16-11(4-1-5-12-6-3-9-19-12)10-13-14(17)7-2-8-15(13)18/h2-3,6-9,11H,1,4-5,10H2. The quantitative estimate of drug-likeness (QED) is 0.564. The van der Waals surface area contributed by atoms with E-state index >= 15 is 0 Å². The maximum absolute atomic E-state index is 13.7. The number of alkyl halides is 1. The Kier molecular flexibility index (Phi) is 5.86. The van der Waals surface area contributed by atoms with Gasteiger partial charge in [0, 0.05) is 20.3 Å². The smallest absolute Gasteiger partial charge is 0.127 e. The molecular formula is C15H15BrClFS. The van der Waals surface area contributed by atoms with E-state index < -0.39 is 0 Å². The summed E-state index contributed by atoms with van der Waals surface area (Å²) >= 11 is 11.4. The maximum Gasteiger partial charge on any atom is 0.127 e. The van der Waals surface area contributed by atoms with Crippen LogP contribution in [0.5, 0.6) is 0 Å². The molecule has 1 atom stereocenters. The molecule has 0 aliphatic rings. The SMILES string of the molecule is Fc1cccc(Cl)c1CC(Br)CCCc1cccs1. The van der Waals surface area contributed by atoms with Gasteiger partial charge in [-0.3, -0.25) is 0 Å². The summed E-state index contributed by atoms with van der Waals surface area (Å²) in [5, 5.41) is 2.61. The molecule has 102 valence electrons. The van der Waals surface area contributed by atoms with Crippen molar-refractivity contribution in [2.45, 2.75) is 30.5 Å². The van der Waals surface area contributed by atoms with E-state index in [1.165, 1.54) is 10.9 Å². The zero-order chi connectivity index (χ0) is 13.7. The Morgan fingerprint density at radius 2 is 2.11 bits per heavy atom. The third kappa shape index (κ3) is 4.59. The van der Waals surface area contributed by atoms with E-state index in [0.717, 1.165) is 19.3 Å². The van der Waals surface area contributed by atoms with Gasteiger partial charge in [0.1, 0.15) is 5.82 Å². The average molecular weight is 362 g/mol. The number of hydrogen-bond donors (Lipinski definition) is 0. The van der Waals surface area contributed by atoms with Gasteiger partial charge in [-0.05, 0) is 49.3 Å². The van der Waals surface area contributed by atoms with Crippen LogP contribution in [-0.2, 0) is 12.8 Å². The average Bonchev–Trinajstić information content (AvgIpc) is 2.87. The van der Waals surface area contributed by atoms with Gasteiger partial charge in [-0.25, -0.2) is 4.39 Å². The second-order valence-electron chi connectivity index (χ2n) is 4.47. The summed E-state index contributed by atoms with van der Waals surface area (Å²) in [5.41, 5.74) is 0.613. The molecule has 2 aromatic rings. The molecule has 0 saturated heterocycles. The van der Waals surface area contributed by atoms with Crippen molar-refractivity contribution in [2.75, 3.05) is 0 Å². The van der Waals surface area contributed by atoms with Crippen molar-refractivity contribution in [3.8, 4) is 0 Å². The summed E-state index contributed by atoms with van der Waals surface area (Å²) in [6.45, 7) is 0. The molecule has 0 saturated carbocycles. The third-order valence-corrected chi connectivity index (χ3v) is 5.08. The van der Waals surface area contributed by atoms with E-state index in [1.54, 1.807) is 23.5 Å². The minimum Gasteiger partial charge on any atom is -0.207 e. The highest BCUT2D eigenvalue weighted by Crippen LogP contribution is 2.25. The molecule has 0 aliphatic carbocycles. The second-order valence-corrected chi connectivity index (χ2v) is 7.21. The number of rotatable bonds is 6. The lowest BCUT2D eigenvalue weighted by Gasteiger charge is -2.11. The topological polar surface area (TPSA) is 0 Å². The first-order valence-corrected chi connectivity index (χ1v) is 8.43. The van der Waals surface area contributed by atoms with Gasteiger partial charge < -0.3 is 0 Å². The Morgan fingerprint density at radius 1 is 1.26 bits per heavy atom. The van der Waals surface area contributed by atoms with Crippen molar-refractivity contribution >= 4 is 38.9 Å². The van der Waals surface area contributed by atoms with Gasteiger partial charge in [-0.1, -0.05) is 39.7 Å². The fourth-order valence-electron chi connectivity index (χ4n) is 2.00. The molecule has 0 N–H and O–H groups in total. The molecule has 1 aromatic heterocycles. The van der Waals surface area contributed by atoms with Crippen LogP contribution in [0.2, 0.25) is 5.02 Å². The lowest BCUT2D eigenvalue weighted by atomic mass is 10.1. The Balaban J connectivity index is 1.82. The Hall–Kier alpha value is -0.380. The molecule has 0 fully saturated rings. The normalized spacial score (nSPS) is 12.6. The van der Waals surface area contributed by atoms with E-state index in [0.29, 0.717) is 17.0 Å². The molecule has 0 spiro atoms. The first-order valence-electron chi connectivity index (χ1n) is 6.26. The lowest BCUT2D eigenvalue weighted by molar-refractivity contribution is 0.600. The van der Waals surface area contributed by atoms with Crippen LogP contribution < -0.4 is 0 Å². The minimum absolute atomic E-state index is 0.213. The summed E-state index contributed by atoms with van der Waals surface area (Å²) < 4.78 is 13.7. The highest BCUT2D eigenvalue weighted by molar-refractivity contribution is 9.09. The van der Waals surface area contributed by atoms with Gasteiger partial charge >= 0.3 is 0 Å². The van der Waals surface area contributed by atoms with Crippen LogP contribution in [-0.4, -0.2) is 4.83 Å². The number of thiophene rings is 1. The summed E-state index contributed by atoms with van der Waals surface area (Å²) in [4.78, 5) is 1.67. The minimum atomic E-state index is -0.213. The molecule has 1 heterocycles. The fourth-order valence-corrected chi connectivity index (χ4v) is 3.64. The van der Waals surface area contributed by atoms with Gasteiger partial charge in [0.25, 0.3) is 0 Å². The Morgan fingerprint density at radius 3 is 2.79 bits per heavy atom. The van der Waals surface area contributed by atoms with E-state index in [4.69, 9.17) is 11.6 Å². The molecule has 0 aliphatic heterocycles. The first-order chi connectivity index (χ1) is 9.16. The third-order valence-electron chi connectivity index (χ3n) is 3.01. The molecule has 4 heteroatoms. The van der Waals surface area contributed by atoms with Crippen molar-refractivity contribution in [2.24, 2.45) is 0 Å². The van der Waals surface area contributed by atoms with Crippen LogP contribution in [0.25, 0.3) is 0 Å². The zero-order valence-corrected chi connectivity index (χ0v) is 13.6. The summed E-state index contributed by atoms with van der Waals surface area (Å²) in [6.07, 6.45) is 3.84. The van der Waals surface area contributed by atoms with Gasteiger partial charge in [-0.2, -0.15) is 0 Å². The fraction of sp³-hybridized carbons (Fsp3) is 0.333. The lowest BCUT2D eigenvalue weighted by Crippen LogP contribution is -2.05. The van der Waals surface area contributed by atoms with Crippen molar-refractivity contribution in [1.29, 1.82) is 0 Å². The highest BCUT2D eigenvalue weighted by Gasteiger charge is 2.12. The molecule has 0 radical (unpaired) electrons. The van der Waals surface area contributed by atoms with E-state index in [-0.39, 0.29) is 10.6 Å². The summed E-state index contributed by atoms with van der Waals surface area (Å²) in [7, 11) is 0. The number of halogens is 3. The van der Waals surface area contributed by atoms with Crippen molar-refractivity contribution in [3.63, 3.8) is 0 Å². The molecular weight excluding hydrogens is 347 g/mol. The second kappa shape index (κ2) is 7.41. The van der Waals surface area contributed by atoms with Gasteiger partial charge in [0.05, 0.1) is 0 Å². The monoisotopic (exact) mass is 360 g/mol. The van der Waals surface area contributed by atoms with Crippen LogP contribution in [0.15, 0.2) is 35.7 Å². The molecule has 1 aromatic carbocycles. The molecule has 0 amide bonds. The van der Waals surface area contributed by atoms with Crippen LogP contribution in [0.3, 0.4) is 0 Å². The number of benzene rings is 1. The van der Waals surface area contributed by atoms with Crippen LogP contribution in [0, 0.1) is 5.82 Å². The van der Waals surface area contributed by atoms with Crippen molar-refractivity contribution in [1.82, 2.24) is 0 Å². The van der Waals surface area contributed by atoms with Crippen LogP contribution in [0.1, 0.15) is 23.3 Å². The van der Waals surface area contributed by atoms with Gasteiger partial charge in [0.2, 0.25) is 0 Å². The zero-order valence-electron chi connectivity index (χ0n) is 10.4. The van der Waals surface area contributed by atoms with Crippen molar-refractivity contribution < 1.29 is 4.39 Å². The predicted octanol–water partition coefficient (Wildman–Crippen LogP) is 5.87. The first kappa shape index (κ1) is 15.0. The Labute approximate surface area is 130 Å². The number of aryl methyl sites for hydroxylation is 1. The number of hydrogen-bond acceptors (Lipinski definition) is 1. The molecule has 19 heavy (non-hydrogen) atoms. The maximum atomic E-state index is 13.7. The Bertz CT molecular complexity index is 493. The predicted molar refractivity (Wildman–Crippen MR) is 85.1 cm³/mol. The molecule has 2 rings (SSSR count). The highest BCUT2D eigenvalue weighted by atomic mass is 79.9. The summed E-state index contributed by atoms with van der Waals surface area (Å²) in [5.74, 6) is -0.213. The molecule has 1 unspecified atom stereocenters. The van der Waals surface area contributed by atoms with Crippen LogP contribution >= 0.6 is 38.9 Å². The van der Waals surface area contributed by atoms with Crippen LogP contribution in [0.4, 0.5) is 4.39 Å². The van der Waals surface area contributed by atoms with Gasteiger partial charge in [0.15, 0.2) is 0 Å². The molecule has 0 bridgehead atoms.